The molecule has 3 heterocycles. The predicted molar refractivity (Wildman–Crippen MR) is 90.3 cm³/mol. The Bertz CT molecular complexity index is 846. The molecule has 7 nitrogen and oxygen atoms in total. The Balaban J connectivity index is 1.64. The largest absolute Gasteiger partial charge is 0.336 e. The predicted octanol–water partition coefficient (Wildman–Crippen LogP) is 1.29. The quantitative estimate of drug-likeness (QED) is 0.810. The third kappa shape index (κ3) is 2.57. The van der Waals surface area contributed by atoms with Gasteiger partial charge in [-0.1, -0.05) is 12.1 Å². The molecule has 0 radical (unpaired) electrons. The monoisotopic (exact) mass is 338 g/mol. The fraction of sp³-hybridized carbons (Fsp3) is 0.278. The van der Waals surface area contributed by atoms with Gasteiger partial charge in [-0.25, -0.2) is 4.79 Å². The zero-order chi connectivity index (χ0) is 17.4. The Morgan fingerprint density at radius 2 is 1.84 bits per heavy atom. The first-order valence-electron chi connectivity index (χ1n) is 8.24. The molecule has 2 N–H and O–H groups in total. The van der Waals surface area contributed by atoms with Crippen molar-refractivity contribution in [2.75, 3.05) is 13.1 Å². The van der Waals surface area contributed by atoms with Gasteiger partial charge in [-0.2, -0.15) is 0 Å². The molecule has 1 spiro atoms. The molecule has 1 aromatic carbocycles. The number of urea groups is 1. The van der Waals surface area contributed by atoms with Gasteiger partial charge >= 0.3 is 6.03 Å². The maximum Gasteiger partial charge on any atom is 0.322 e. The minimum absolute atomic E-state index is 0.141. The average molecular weight is 338 g/mol. The van der Waals surface area contributed by atoms with Gasteiger partial charge in [-0.05, 0) is 37.1 Å². The number of aromatic nitrogens is 1. The van der Waals surface area contributed by atoms with Crippen molar-refractivity contribution in [1.82, 2.24) is 20.1 Å². The fourth-order valence-corrected chi connectivity index (χ4v) is 3.59. The molecule has 0 saturated carbocycles. The summed E-state index contributed by atoms with van der Waals surface area (Å²) in [6.45, 7) is 0.743. The van der Waals surface area contributed by atoms with Crippen molar-refractivity contribution >= 4 is 17.8 Å². The molecule has 0 aliphatic carbocycles. The number of nitrogens with one attached hydrogen (secondary N) is 2. The van der Waals surface area contributed by atoms with E-state index in [4.69, 9.17) is 0 Å². The van der Waals surface area contributed by atoms with Crippen molar-refractivity contribution < 1.29 is 14.4 Å². The Hall–Kier alpha value is -3.09. The number of benzene rings is 1. The van der Waals surface area contributed by atoms with E-state index in [1.807, 2.05) is 47.3 Å². The zero-order valence-electron chi connectivity index (χ0n) is 13.6. The second-order valence-corrected chi connectivity index (χ2v) is 6.43. The van der Waals surface area contributed by atoms with Crippen LogP contribution in [0.5, 0.6) is 0 Å². The third-order valence-electron chi connectivity index (χ3n) is 4.81. The van der Waals surface area contributed by atoms with E-state index in [0.29, 0.717) is 24.9 Å². The lowest BCUT2D eigenvalue weighted by Gasteiger charge is -2.38. The highest BCUT2D eigenvalue weighted by Gasteiger charge is 2.49. The first-order chi connectivity index (χ1) is 12.1. The molecule has 0 bridgehead atoms. The Labute approximate surface area is 144 Å². The lowest BCUT2D eigenvalue weighted by molar-refractivity contribution is -0.125. The summed E-state index contributed by atoms with van der Waals surface area (Å²) in [5, 5.41) is 4.98. The van der Waals surface area contributed by atoms with Crippen molar-refractivity contribution in [1.29, 1.82) is 0 Å². The standard InChI is InChI=1S/C18H18N4O3/c23-15(13-6-1-2-7-14(13)21-9-3-4-10-21)22-11-5-8-18(12-22)16(24)19-17(25)20-18/h1-4,6-7,9-10H,5,8,11-12H2,(H2,19,20,24,25). The van der Waals surface area contributed by atoms with E-state index in [2.05, 4.69) is 10.6 Å². The van der Waals surface area contributed by atoms with Crippen LogP contribution in [-0.4, -0.2) is 45.9 Å². The summed E-state index contributed by atoms with van der Waals surface area (Å²) in [4.78, 5) is 38.5. The molecule has 1 atom stereocenters. The van der Waals surface area contributed by atoms with Gasteiger partial charge in [0, 0.05) is 18.9 Å². The summed E-state index contributed by atoms with van der Waals surface area (Å²) in [5.41, 5.74) is 0.352. The minimum Gasteiger partial charge on any atom is -0.336 e. The molecule has 2 aromatic rings. The molecule has 2 saturated heterocycles. The van der Waals surface area contributed by atoms with Crippen molar-refractivity contribution in [3.63, 3.8) is 0 Å². The van der Waals surface area contributed by atoms with E-state index < -0.39 is 11.6 Å². The Kier molecular flexibility index (Phi) is 3.56. The molecular formula is C18H18N4O3. The van der Waals surface area contributed by atoms with Crippen molar-refractivity contribution in [3.05, 3.63) is 54.4 Å². The summed E-state index contributed by atoms with van der Waals surface area (Å²) in [7, 11) is 0. The summed E-state index contributed by atoms with van der Waals surface area (Å²) < 4.78 is 1.89. The van der Waals surface area contributed by atoms with Gasteiger partial charge < -0.3 is 14.8 Å². The van der Waals surface area contributed by atoms with Gasteiger partial charge in [-0.3, -0.25) is 14.9 Å². The second kappa shape index (κ2) is 5.77. The SMILES string of the molecule is O=C1NC(=O)C2(CCCN(C(=O)c3ccccc3-n3cccc3)C2)N1. The lowest BCUT2D eigenvalue weighted by atomic mass is 9.89. The normalized spacial score (nSPS) is 22.8. The summed E-state index contributed by atoms with van der Waals surface area (Å²) in [6, 6.07) is 10.7. The second-order valence-electron chi connectivity index (χ2n) is 6.43. The average Bonchev–Trinajstić information content (AvgIpc) is 3.23. The molecule has 25 heavy (non-hydrogen) atoms. The van der Waals surface area contributed by atoms with Gasteiger partial charge in [0.1, 0.15) is 5.54 Å². The van der Waals surface area contributed by atoms with Crippen LogP contribution in [0.4, 0.5) is 4.79 Å². The van der Waals surface area contributed by atoms with Gasteiger partial charge in [0.05, 0.1) is 17.8 Å². The fourth-order valence-electron chi connectivity index (χ4n) is 3.59. The first kappa shape index (κ1) is 15.4. The number of carbonyl (C=O) groups is 3. The highest BCUT2D eigenvalue weighted by Crippen LogP contribution is 2.26. The van der Waals surface area contributed by atoms with Crippen LogP contribution in [-0.2, 0) is 4.79 Å². The zero-order valence-corrected chi connectivity index (χ0v) is 13.6. The molecule has 2 aliphatic rings. The van der Waals surface area contributed by atoms with Crippen LogP contribution in [0, 0.1) is 0 Å². The Morgan fingerprint density at radius 3 is 2.56 bits per heavy atom. The smallest absolute Gasteiger partial charge is 0.322 e. The maximum absolute atomic E-state index is 13.1. The Morgan fingerprint density at radius 1 is 1.08 bits per heavy atom. The van der Waals surface area contributed by atoms with Crippen LogP contribution in [0.15, 0.2) is 48.8 Å². The third-order valence-corrected chi connectivity index (χ3v) is 4.81. The van der Waals surface area contributed by atoms with Crippen LogP contribution in [0.3, 0.4) is 0 Å². The van der Waals surface area contributed by atoms with E-state index in [-0.39, 0.29) is 18.4 Å². The molecule has 2 fully saturated rings. The van der Waals surface area contributed by atoms with E-state index in [0.717, 1.165) is 5.69 Å². The highest BCUT2D eigenvalue weighted by atomic mass is 16.2. The molecule has 7 heteroatoms. The van der Waals surface area contributed by atoms with Gasteiger partial charge in [0.2, 0.25) is 0 Å². The summed E-state index contributed by atoms with van der Waals surface area (Å²) >= 11 is 0. The molecule has 128 valence electrons. The van der Waals surface area contributed by atoms with Crippen LogP contribution in [0.2, 0.25) is 0 Å². The number of rotatable bonds is 2. The van der Waals surface area contributed by atoms with Crippen LogP contribution < -0.4 is 10.6 Å². The molecule has 1 aromatic heterocycles. The number of para-hydroxylation sites is 1. The number of nitrogens with zero attached hydrogens (tertiary/aromatic N) is 2. The van der Waals surface area contributed by atoms with E-state index in [1.165, 1.54) is 0 Å². The van der Waals surface area contributed by atoms with Crippen molar-refractivity contribution in [2.24, 2.45) is 0 Å². The van der Waals surface area contributed by atoms with E-state index in [9.17, 15) is 14.4 Å². The number of likely N-dealkylation sites (tertiary alicyclic amines) is 1. The van der Waals surface area contributed by atoms with E-state index in [1.54, 1.807) is 11.0 Å². The molecule has 4 amide bonds. The van der Waals surface area contributed by atoms with Gasteiger partial charge in [0.15, 0.2) is 0 Å². The van der Waals surface area contributed by atoms with Crippen LogP contribution >= 0.6 is 0 Å². The lowest BCUT2D eigenvalue weighted by Crippen LogP contribution is -2.59. The minimum atomic E-state index is -1.01. The number of hydrogen-bond acceptors (Lipinski definition) is 3. The summed E-state index contributed by atoms with van der Waals surface area (Å²) in [6.07, 6.45) is 4.96. The van der Waals surface area contributed by atoms with Gasteiger partial charge in [-0.15, -0.1) is 0 Å². The molecular weight excluding hydrogens is 320 g/mol. The van der Waals surface area contributed by atoms with Crippen molar-refractivity contribution in [2.45, 2.75) is 18.4 Å². The molecule has 1 unspecified atom stereocenters. The summed E-state index contributed by atoms with van der Waals surface area (Å²) in [5.74, 6) is -0.494. The topological polar surface area (TPSA) is 83.4 Å². The first-order valence-corrected chi connectivity index (χ1v) is 8.24. The number of imide groups is 1. The highest BCUT2D eigenvalue weighted by molar-refractivity contribution is 6.08. The number of piperidine rings is 1. The maximum atomic E-state index is 13.1. The van der Waals surface area contributed by atoms with Crippen LogP contribution in [0.1, 0.15) is 23.2 Å². The number of carbonyl (C=O) groups excluding carboxylic acids is 3. The molecule has 2 aliphatic heterocycles. The van der Waals surface area contributed by atoms with Gasteiger partial charge in [0.25, 0.3) is 11.8 Å². The molecule has 4 rings (SSSR count). The van der Waals surface area contributed by atoms with Crippen LogP contribution in [0.25, 0.3) is 5.69 Å². The number of hydrogen-bond donors (Lipinski definition) is 2. The number of amides is 4. The van der Waals surface area contributed by atoms with E-state index >= 15 is 0 Å². The van der Waals surface area contributed by atoms with Crippen molar-refractivity contribution in [3.8, 4) is 5.69 Å².